The maximum absolute atomic E-state index is 12.2. The summed E-state index contributed by atoms with van der Waals surface area (Å²) in [5, 5.41) is 9.02. The molecular formula is C17H15N5O3. The van der Waals surface area contributed by atoms with Gasteiger partial charge in [0.15, 0.2) is 5.82 Å². The molecule has 0 saturated heterocycles. The van der Waals surface area contributed by atoms with Crippen LogP contribution in [0.2, 0.25) is 0 Å². The number of aromatic nitrogens is 3. The molecule has 0 bridgehead atoms. The summed E-state index contributed by atoms with van der Waals surface area (Å²) in [4.78, 5) is 32.4. The fraction of sp³-hybridized carbons (Fsp3) is 0.118. The summed E-state index contributed by atoms with van der Waals surface area (Å²) in [6, 6.07) is 8.17. The van der Waals surface area contributed by atoms with Gasteiger partial charge in [-0.2, -0.15) is 0 Å². The van der Waals surface area contributed by atoms with E-state index in [1.54, 1.807) is 31.5 Å². The van der Waals surface area contributed by atoms with Gasteiger partial charge in [-0.25, -0.2) is 0 Å². The zero-order valence-electron chi connectivity index (χ0n) is 13.4. The van der Waals surface area contributed by atoms with Crippen LogP contribution in [0.5, 0.6) is 0 Å². The Labute approximate surface area is 143 Å². The number of hydrogen-bond donors (Lipinski definition) is 2. The standard InChI is InChI=1S/C17H15N5O3/c1-11-7-15(22-25-11)21-16(23)13-4-6-19-14(8-13)17(24)20-10-12-3-2-5-18-9-12/h2-9H,10H2,1H3,(H,20,24)(H,21,22,23). The summed E-state index contributed by atoms with van der Waals surface area (Å²) in [6.07, 6.45) is 4.73. The van der Waals surface area contributed by atoms with Crippen LogP contribution in [0.4, 0.5) is 5.82 Å². The van der Waals surface area contributed by atoms with Gasteiger partial charge >= 0.3 is 0 Å². The molecule has 0 aliphatic carbocycles. The lowest BCUT2D eigenvalue weighted by atomic mass is 10.2. The predicted octanol–water partition coefficient (Wildman–Crippen LogP) is 1.96. The number of anilines is 1. The third-order valence-corrected chi connectivity index (χ3v) is 3.30. The van der Waals surface area contributed by atoms with Crippen LogP contribution in [0.3, 0.4) is 0 Å². The third-order valence-electron chi connectivity index (χ3n) is 3.30. The molecule has 8 nitrogen and oxygen atoms in total. The van der Waals surface area contributed by atoms with Gasteiger partial charge in [0, 0.05) is 36.8 Å². The van der Waals surface area contributed by atoms with Crippen molar-refractivity contribution in [1.82, 2.24) is 20.4 Å². The lowest BCUT2D eigenvalue weighted by molar-refractivity contribution is 0.0946. The van der Waals surface area contributed by atoms with Gasteiger partial charge in [0.1, 0.15) is 11.5 Å². The molecule has 0 radical (unpaired) electrons. The van der Waals surface area contributed by atoms with Crippen LogP contribution in [-0.2, 0) is 6.54 Å². The average molecular weight is 337 g/mol. The Bertz CT molecular complexity index is 892. The highest BCUT2D eigenvalue weighted by atomic mass is 16.5. The maximum Gasteiger partial charge on any atom is 0.270 e. The lowest BCUT2D eigenvalue weighted by Gasteiger charge is -2.06. The van der Waals surface area contributed by atoms with E-state index >= 15 is 0 Å². The zero-order valence-corrected chi connectivity index (χ0v) is 13.4. The van der Waals surface area contributed by atoms with E-state index in [1.807, 2.05) is 6.07 Å². The summed E-state index contributed by atoms with van der Waals surface area (Å²) in [6.45, 7) is 2.04. The molecule has 2 N–H and O–H groups in total. The molecule has 2 amide bonds. The summed E-state index contributed by atoms with van der Waals surface area (Å²) in [7, 11) is 0. The first-order valence-corrected chi connectivity index (χ1v) is 7.49. The number of pyridine rings is 2. The second-order valence-electron chi connectivity index (χ2n) is 5.25. The fourth-order valence-corrected chi connectivity index (χ4v) is 2.09. The second kappa shape index (κ2) is 7.35. The van der Waals surface area contributed by atoms with E-state index in [1.165, 1.54) is 18.3 Å². The molecule has 3 aromatic rings. The van der Waals surface area contributed by atoms with Crippen LogP contribution in [0.25, 0.3) is 0 Å². The monoisotopic (exact) mass is 337 g/mol. The minimum Gasteiger partial charge on any atom is -0.360 e. The van der Waals surface area contributed by atoms with Crippen LogP contribution in [0.15, 0.2) is 53.4 Å². The van der Waals surface area contributed by atoms with E-state index in [2.05, 4.69) is 25.8 Å². The number of nitrogens with one attached hydrogen (secondary N) is 2. The van der Waals surface area contributed by atoms with Gasteiger partial charge in [0.2, 0.25) is 0 Å². The highest BCUT2D eigenvalue weighted by molar-refractivity contribution is 6.05. The summed E-state index contributed by atoms with van der Waals surface area (Å²) in [5.74, 6) is 0.107. The Morgan fingerprint density at radius 2 is 2.04 bits per heavy atom. The van der Waals surface area contributed by atoms with Gasteiger partial charge in [-0.1, -0.05) is 11.2 Å². The van der Waals surface area contributed by atoms with Crippen LogP contribution in [-0.4, -0.2) is 26.9 Å². The molecule has 0 aromatic carbocycles. The maximum atomic E-state index is 12.2. The van der Waals surface area contributed by atoms with Crippen molar-refractivity contribution in [3.8, 4) is 0 Å². The molecule has 8 heteroatoms. The number of rotatable bonds is 5. The first-order chi connectivity index (χ1) is 12.1. The Hall–Kier alpha value is -3.55. The molecule has 3 heterocycles. The van der Waals surface area contributed by atoms with Crippen molar-refractivity contribution >= 4 is 17.6 Å². The Morgan fingerprint density at radius 1 is 1.16 bits per heavy atom. The largest absolute Gasteiger partial charge is 0.360 e. The topological polar surface area (TPSA) is 110 Å². The van der Waals surface area contributed by atoms with E-state index in [-0.39, 0.29) is 11.6 Å². The normalized spacial score (nSPS) is 10.3. The van der Waals surface area contributed by atoms with Crippen molar-refractivity contribution in [3.05, 3.63) is 71.5 Å². The van der Waals surface area contributed by atoms with E-state index in [9.17, 15) is 9.59 Å². The molecule has 0 fully saturated rings. The first kappa shape index (κ1) is 16.3. The molecule has 0 aliphatic heterocycles. The highest BCUT2D eigenvalue weighted by Crippen LogP contribution is 2.10. The highest BCUT2D eigenvalue weighted by Gasteiger charge is 2.13. The van der Waals surface area contributed by atoms with E-state index in [4.69, 9.17) is 4.52 Å². The molecule has 3 aromatic heterocycles. The molecule has 0 unspecified atom stereocenters. The zero-order chi connectivity index (χ0) is 17.6. The predicted molar refractivity (Wildman–Crippen MR) is 88.8 cm³/mol. The van der Waals surface area contributed by atoms with Crippen molar-refractivity contribution in [2.24, 2.45) is 0 Å². The SMILES string of the molecule is Cc1cc(NC(=O)c2ccnc(C(=O)NCc3cccnc3)c2)no1. The molecule has 0 aliphatic rings. The number of hydrogen-bond acceptors (Lipinski definition) is 6. The lowest BCUT2D eigenvalue weighted by Crippen LogP contribution is -2.24. The minimum atomic E-state index is -0.406. The average Bonchev–Trinajstić information content (AvgIpc) is 3.05. The summed E-state index contributed by atoms with van der Waals surface area (Å²) >= 11 is 0. The minimum absolute atomic E-state index is 0.146. The molecule has 126 valence electrons. The van der Waals surface area contributed by atoms with E-state index in [0.29, 0.717) is 23.7 Å². The van der Waals surface area contributed by atoms with E-state index in [0.717, 1.165) is 5.56 Å². The van der Waals surface area contributed by atoms with Gasteiger partial charge in [0.25, 0.3) is 11.8 Å². The number of nitrogens with zero attached hydrogens (tertiary/aromatic N) is 3. The third kappa shape index (κ3) is 4.25. The van der Waals surface area contributed by atoms with Crippen molar-refractivity contribution < 1.29 is 14.1 Å². The molecule has 3 rings (SSSR count). The second-order valence-corrected chi connectivity index (χ2v) is 5.25. The Balaban J connectivity index is 1.66. The van der Waals surface area contributed by atoms with Crippen molar-refractivity contribution in [3.63, 3.8) is 0 Å². The van der Waals surface area contributed by atoms with Gasteiger partial charge in [-0.05, 0) is 30.7 Å². The number of carbonyl (C=O) groups is 2. The van der Waals surface area contributed by atoms with Crippen molar-refractivity contribution in [2.45, 2.75) is 13.5 Å². The summed E-state index contributed by atoms with van der Waals surface area (Å²) in [5.41, 5.74) is 1.31. The molecular weight excluding hydrogens is 322 g/mol. The Kier molecular flexibility index (Phi) is 4.79. The molecule has 25 heavy (non-hydrogen) atoms. The van der Waals surface area contributed by atoms with Crippen molar-refractivity contribution in [1.29, 1.82) is 0 Å². The number of aryl methyl sites for hydroxylation is 1. The number of amides is 2. The molecule has 0 saturated carbocycles. The van der Waals surface area contributed by atoms with Crippen LogP contribution < -0.4 is 10.6 Å². The smallest absolute Gasteiger partial charge is 0.270 e. The fourth-order valence-electron chi connectivity index (χ4n) is 2.09. The molecule has 0 spiro atoms. The quantitative estimate of drug-likeness (QED) is 0.736. The molecule has 0 atom stereocenters. The van der Waals surface area contributed by atoms with Gasteiger partial charge in [-0.15, -0.1) is 0 Å². The van der Waals surface area contributed by atoms with Gasteiger partial charge in [-0.3, -0.25) is 19.6 Å². The van der Waals surface area contributed by atoms with Crippen molar-refractivity contribution in [2.75, 3.05) is 5.32 Å². The van der Waals surface area contributed by atoms with Gasteiger partial charge < -0.3 is 15.2 Å². The Morgan fingerprint density at radius 3 is 2.76 bits per heavy atom. The van der Waals surface area contributed by atoms with Crippen LogP contribution >= 0.6 is 0 Å². The van der Waals surface area contributed by atoms with Gasteiger partial charge in [0.05, 0.1) is 0 Å². The number of carbonyl (C=O) groups excluding carboxylic acids is 2. The van der Waals surface area contributed by atoms with Crippen LogP contribution in [0.1, 0.15) is 32.2 Å². The van der Waals surface area contributed by atoms with E-state index < -0.39 is 5.91 Å². The first-order valence-electron chi connectivity index (χ1n) is 7.49. The van der Waals surface area contributed by atoms with Crippen LogP contribution in [0, 0.1) is 6.92 Å². The summed E-state index contributed by atoms with van der Waals surface area (Å²) < 4.78 is 4.89.